The Hall–Kier alpha value is -2.33. The van der Waals surface area contributed by atoms with E-state index >= 15 is 0 Å². The van der Waals surface area contributed by atoms with Crippen LogP contribution in [0.5, 0.6) is 5.75 Å². The second-order valence-electron chi connectivity index (χ2n) is 7.67. The number of rotatable bonds is 10. The summed E-state index contributed by atoms with van der Waals surface area (Å²) in [5.74, 6) is 1.51. The highest BCUT2D eigenvalue weighted by atomic mass is 16.5. The number of hydrogen-bond acceptors (Lipinski definition) is 3. The van der Waals surface area contributed by atoms with Gasteiger partial charge >= 0.3 is 0 Å². The van der Waals surface area contributed by atoms with Crippen LogP contribution < -0.4 is 10.1 Å². The zero-order valence-electron chi connectivity index (χ0n) is 17.0. The molecule has 2 aromatic carbocycles. The Kier molecular flexibility index (Phi) is 8.34. The van der Waals surface area contributed by atoms with Gasteiger partial charge in [-0.05, 0) is 55.3 Å². The minimum atomic E-state index is 0.0329. The Bertz CT molecular complexity index is 709. The van der Waals surface area contributed by atoms with Gasteiger partial charge in [-0.1, -0.05) is 50.2 Å². The van der Waals surface area contributed by atoms with E-state index in [1.807, 2.05) is 38.4 Å². The van der Waals surface area contributed by atoms with E-state index in [2.05, 4.69) is 48.3 Å². The Morgan fingerprint density at radius 3 is 2.41 bits per heavy atom. The predicted molar refractivity (Wildman–Crippen MR) is 111 cm³/mol. The molecule has 146 valence electrons. The van der Waals surface area contributed by atoms with Gasteiger partial charge in [-0.2, -0.15) is 0 Å². The van der Waals surface area contributed by atoms with Gasteiger partial charge in [0.1, 0.15) is 12.4 Å². The normalized spacial score (nSPS) is 11.0. The molecular formula is C23H32N2O2. The number of carbonyl (C=O) groups is 1. The van der Waals surface area contributed by atoms with Gasteiger partial charge in [0.05, 0.1) is 6.42 Å². The molecule has 0 radical (unpaired) electrons. The third-order valence-corrected chi connectivity index (χ3v) is 4.23. The first-order chi connectivity index (χ1) is 12.9. The monoisotopic (exact) mass is 368 g/mol. The zero-order chi connectivity index (χ0) is 19.6. The van der Waals surface area contributed by atoms with Crippen LogP contribution in [0.2, 0.25) is 0 Å². The van der Waals surface area contributed by atoms with Crippen molar-refractivity contribution in [3.05, 3.63) is 65.2 Å². The quantitative estimate of drug-likeness (QED) is 0.695. The van der Waals surface area contributed by atoms with Gasteiger partial charge in [-0.15, -0.1) is 0 Å². The van der Waals surface area contributed by atoms with Crippen LogP contribution in [-0.4, -0.2) is 38.1 Å². The molecule has 2 aromatic rings. The molecule has 0 aliphatic carbocycles. The number of benzene rings is 2. The van der Waals surface area contributed by atoms with Gasteiger partial charge in [-0.25, -0.2) is 0 Å². The molecule has 1 N–H and O–H groups in total. The van der Waals surface area contributed by atoms with E-state index in [-0.39, 0.29) is 5.91 Å². The Balaban J connectivity index is 1.79. The van der Waals surface area contributed by atoms with Crippen LogP contribution in [0.25, 0.3) is 0 Å². The molecule has 2 rings (SSSR count). The fourth-order valence-corrected chi connectivity index (χ4v) is 2.80. The molecule has 0 fully saturated rings. The minimum Gasteiger partial charge on any atom is -0.492 e. The Morgan fingerprint density at radius 2 is 1.74 bits per heavy atom. The van der Waals surface area contributed by atoms with Crippen LogP contribution in [0.4, 0.5) is 0 Å². The van der Waals surface area contributed by atoms with Crippen molar-refractivity contribution in [2.24, 2.45) is 5.92 Å². The van der Waals surface area contributed by atoms with E-state index < -0.39 is 0 Å². The summed E-state index contributed by atoms with van der Waals surface area (Å²) < 4.78 is 5.74. The number of ether oxygens (including phenoxy) is 1. The molecule has 0 unspecified atom stereocenters. The maximum absolute atomic E-state index is 12.2. The van der Waals surface area contributed by atoms with Crippen molar-refractivity contribution >= 4 is 5.91 Å². The highest BCUT2D eigenvalue weighted by Gasteiger charge is 2.05. The van der Waals surface area contributed by atoms with Gasteiger partial charge < -0.3 is 15.0 Å². The highest BCUT2D eigenvalue weighted by molar-refractivity contribution is 5.78. The average molecular weight is 369 g/mol. The van der Waals surface area contributed by atoms with Gasteiger partial charge in [0.2, 0.25) is 5.91 Å². The first-order valence-electron chi connectivity index (χ1n) is 9.63. The molecule has 0 aromatic heterocycles. The van der Waals surface area contributed by atoms with Gasteiger partial charge in [0.15, 0.2) is 0 Å². The third-order valence-electron chi connectivity index (χ3n) is 4.23. The molecule has 0 heterocycles. The summed E-state index contributed by atoms with van der Waals surface area (Å²) in [7, 11) is 4.04. The first-order valence-corrected chi connectivity index (χ1v) is 9.63. The standard InChI is InChI=1S/C23H32N2O2/c1-18(2)14-19-8-10-20(11-9-19)16-23(26)24-17-21-6-5-7-22(15-21)27-13-12-25(3)4/h5-11,15,18H,12-14,16-17H2,1-4H3,(H,24,26). The summed E-state index contributed by atoms with van der Waals surface area (Å²) in [4.78, 5) is 14.3. The van der Waals surface area contributed by atoms with Crippen LogP contribution in [0.15, 0.2) is 48.5 Å². The van der Waals surface area contributed by atoms with E-state index in [0.29, 0.717) is 25.5 Å². The predicted octanol–water partition coefficient (Wildman–Crippen LogP) is 3.68. The highest BCUT2D eigenvalue weighted by Crippen LogP contribution is 2.14. The van der Waals surface area contributed by atoms with Gasteiger partial charge in [0, 0.05) is 13.1 Å². The number of nitrogens with one attached hydrogen (secondary N) is 1. The molecule has 4 heteroatoms. The second-order valence-corrected chi connectivity index (χ2v) is 7.67. The molecule has 0 spiro atoms. The van der Waals surface area contributed by atoms with Crippen molar-refractivity contribution in [2.75, 3.05) is 27.2 Å². The van der Waals surface area contributed by atoms with Crippen molar-refractivity contribution < 1.29 is 9.53 Å². The summed E-state index contributed by atoms with van der Waals surface area (Å²) >= 11 is 0. The summed E-state index contributed by atoms with van der Waals surface area (Å²) in [6.07, 6.45) is 1.47. The lowest BCUT2D eigenvalue weighted by molar-refractivity contribution is -0.120. The van der Waals surface area contributed by atoms with Crippen molar-refractivity contribution in [3.63, 3.8) is 0 Å². The molecule has 4 nitrogen and oxygen atoms in total. The maximum Gasteiger partial charge on any atom is 0.224 e. The molecule has 0 saturated heterocycles. The largest absolute Gasteiger partial charge is 0.492 e. The van der Waals surface area contributed by atoms with E-state index in [9.17, 15) is 4.79 Å². The topological polar surface area (TPSA) is 41.6 Å². The molecular weight excluding hydrogens is 336 g/mol. The van der Waals surface area contributed by atoms with Crippen LogP contribution >= 0.6 is 0 Å². The summed E-state index contributed by atoms with van der Waals surface area (Å²) in [6.45, 7) is 6.45. The zero-order valence-corrected chi connectivity index (χ0v) is 17.0. The fraction of sp³-hybridized carbons (Fsp3) is 0.435. The number of amides is 1. The molecule has 27 heavy (non-hydrogen) atoms. The molecule has 0 aliphatic rings. The second kappa shape index (κ2) is 10.7. The maximum atomic E-state index is 12.2. The van der Waals surface area contributed by atoms with Crippen LogP contribution in [0, 0.1) is 5.92 Å². The first kappa shape index (κ1) is 21.0. The van der Waals surface area contributed by atoms with E-state index in [4.69, 9.17) is 4.74 Å². The summed E-state index contributed by atoms with van der Waals surface area (Å²) in [6, 6.07) is 16.2. The fourth-order valence-electron chi connectivity index (χ4n) is 2.80. The molecule has 0 bridgehead atoms. The lowest BCUT2D eigenvalue weighted by atomic mass is 10.0. The van der Waals surface area contributed by atoms with Crippen LogP contribution in [0.3, 0.4) is 0 Å². The number of carbonyl (C=O) groups excluding carboxylic acids is 1. The Morgan fingerprint density at radius 1 is 1.04 bits per heavy atom. The van der Waals surface area contributed by atoms with E-state index in [1.165, 1.54) is 5.56 Å². The van der Waals surface area contributed by atoms with Crippen LogP contribution in [0.1, 0.15) is 30.5 Å². The Labute approximate surface area is 163 Å². The minimum absolute atomic E-state index is 0.0329. The van der Waals surface area contributed by atoms with E-state index in [0.717, 1.165) is 29.8 Å². The molecule has 1 amide bonds. The average Bonchev–Trinajstić information content (AvgIpc) is 2.61. The summed E-state index contributed by atoms with van der Waals surface area (Å²) in [5.41, 5.74) is 3.40. The van der Waals surface area contributed by atoms with Crippen molar-refractivity contribution in [3.8, 4) is 5.75 Å². The van der Waals surface area contributed by atoms with Crippen molar-refractivity contribution in [2.45, 2.75) is 33.2 Å². The number of likely N-dealkylation sites (N-methyl/N-ethyl adjacent to an activating group) is 1. The third kappa shape index (κ3) is 8.27. The van der Waals surface area contributed by atoms with Crippen LogP contribution in [-0.2, 0) is 24.2 Å². The number of nitrogens with zero attached hydrogens (tertiary/aromatic N) is 1. The van der Waals surface area contributed by atoms with Crippen molar-refractivity contribution in [1.29, 1.82) is 0 Å². The van der Waals surface area contributed by atoms with Gasteiger partial charge in [0.25, 0.3) is 0 Å². The lowest BCUT2D eigenvalue weighted by Crippen LogP contribution is -2.24. The molecule has 0 atom stereocenters. The van der Waals surface area contributed by atoms with Gasteiger partial charge in [-0.3, -0.25) is 4.79 Å². The summed E-state index contributed by atoms with van der Waals surface area (Å²) in [5, 5.41) is 2.99. The smallest absolute Gasteiger partial charge is 0.224 e. The van der Waals surface area contributed by atoms with Crippen molar-refractivity contribution in [1.82, 2.24) is 10.2 Å². The van der Waals surface area contributed by atoms with E-state index in [1.54, 1.807) is 0 Å². The lowest BCUT2D eigenvalue weighted by Gasteiger charge is -2.12. The molecule has 0 saturated carbocycles. The molecule has 0 aliphatic heterocycles. The number of hydrogen-bond donors (Lipinski definition) is 1. The SMILES string of the molecule is CC(C)Cc1ccc(CC(=O)NCc2cccc(OCCN(C)C)c2)cc1.